The van der Waals surface area contributed by atoms with Gasteiger partial charge in [0.05, 0.1) is 16.9 Å². The summed E-state index contributed by atoms with van der Waals surface area (Å²) in [5, 5.41) is 16.0. The number of nitrogens with zero attached hydrogens (tertiary/aromatic N) is 3. The number of aromatic nitrogens is 2. The maximum Gasteiger partial charge on any atom is 0.109 e. The highest BCUT2D eigenvalue weighted by Gasteiger charge is 2.36. The van der Waals surface area contributed by atoms with Crippen molar-refractivity contribution in [1.29, 1.82) is 0 Å². The van der Waals surface area contributed by atoms with Gasteiger partial charge in [-0.1, -0.05) is 25.4 Å². The average Bonchev–Trinajstić information content (AvgIpc) is 2.67. The van der Waals surface area contributed by atoms with Crippen LogP contribution >= 0.6 is 11.6 Å². The molecule has 2 heterocycles. The lowest BCUT2D eigenvalue weighted by Gasteiger charge is -2.28. The summed E-state index contributed by atoms with van der Waals surface area (Å²) in [7, 11) is 0. The topological polar surface area (TPSA) is 41.3 Å². The van der Waals surface area contributed by atoms with Gasteiger partial charge in [-0.2, -0.15) is 5.10 Å². The van der Waals surface area contributed by atoms with Gasteiger partial charge >= 0.3 is 0 Å². The fraction of sp³-hybridized carbons (Fsp3) is 0.800. The van der Waals surface area contributed by atoms with Gasteiger partial charge in [0.25, 0.3) is 0 Å². The molecule has 1 unspecified atom stereocenters. The van der Waals surface area contributed by atoms with Gasteiger partial charge in [-0.25, -0.2) is 0 Å². The lowest BCUT2D eigenvalue weighted by molar-refractivity contribution is 0.0124. The van der Waals surface area contributed by atoms with E-state index < -0.39 is 5.60 Å². The Hall–Kier alpha value is -0.580. The van der Waals surface area contributed by atoms with E-state index in [4.69, 9.17) is 11.6 Å². The van der Waals surface area contributed by atoms with Crippen LogP contribution in [0.15, 0.2) is 6.20 Å². The van der Waals surface area contributed by atoms with Crippen molar-refractivity contribution in [1.82, 2.24) is 14.7 Å². The van der Waals surface area contributed by atoms with E-state index in [1.165, 1.54) is 0 Å². The van der Waals surface area contributed by atoms with Crippen LogP contribution in [-0.4, -0.2) is 39.4 Å². The first-order valence-corrected chi connectivity index (χ1v) is 8.15. The number of aliphatic hydroxyl groups is 1. The molecule has 1 aromatic rings. The van der Waals surface area contributed by atoms with Crippen molar-refractivity contribution in [2.24, 2.45) is 0 Å². The number of hydrogen-bond donors (Lipinski definition) is 1. The van der Waals surface area contributed by atoms with E-state index in [2.05, 4.69) is 23.8 Å². The van der Waals surface area contributed by atoms with Crippen LogP contribution in [0.1, 0.15) is 51.6 Å². The zero-order chi connectivity index (χ0) is 14.6. The van der Waals surface area contributed by atoms with Crippen LogP contribution in [0.2, 0.25) is 5.02 Å². The van der Waals surface area contributed by atoms with Crippen molar-refractivity contribution in [3.63, 3.8) is 0 Å². The largest absolute Gasteiger partial charge is 0.383 e. The van der Waals surface area contributed by atoms with Crippen molar-refractivity contribution in [2.45, 2.75) is 58.1 Å². The Balaban J connectivity index is 2.19. The molecule has 1 fully saturated rings. The minimum Gasteiger partial charge on any atom is -0.383 e. The van der Waals surface area contributed by atoms with Gasteiger partial charge in [0.2, 0.25) is 0 Å². The van der Waals surface area contributed by atoms with E-state index in [0.717, 1.165) is 64.0 Å². The molecule has 2 rings (SSSR count). The lowest BCUT2D eigenvalue weighted by atomic mass is 9.91. The van der Waals surface area contributed by atoms with Crippen molar-refractivity contribution in [2.75, 3.05) is 19.6 Å². The molecule has 0 aromatic carbocycles. The summed E-state index contributed by atoms with van der Waals surface area (Å²) in [4.78, 5) is 2.44. The van der Waals surface area contributed by atoms with Gasteiger partial charge in [-0.15, -0.1) is 0 Å². The molecule has 5 heteroatoms. The van der Waals surface area contributed by atoms with Crippen molar-refractivity contribution < 1.29 is 5.11 Å². The van der Waals surface area contributed by atoms with Crippen LogP contribution in [0.3, 0.4) is 0 Å². The Labute approximate surface area is 126 Å². The van der Waals surface area contributed by atoms with Crippen molar-refractivity contribution in [3.05, 3.63) is 16.9 Å². The maximum atomic E-state index is 11.1. The highest BCUT2D eigenvalue weighted by atomic mass is 35.5. The van der Waals surface area contributed by atoms with Crippen molar-refractivity contribution in [3.8, 4) is 0 Å². The number of aryl methyl sites for hydroxylation is 1. The molecule has 0 aliphatic carbocycles. The van der Waals surface area contributed by atoms with Crippen LogP contribution in [0.4, 0.5) is 0 Å². The molecule has 1 aliphatic heterocycles. The molecule has 0 bridgehead atoms. The third kappa shape index (κ3) is 3.35. The summed E-state index contributed by atoms with van der Waals surface area (Å²) in [5.74, 6) is 0. The summed E-state index contributed by atoms with van der Waals surface area (Å²) in [5.41, 5.74) is -0.00927. The normalized spacial score (nSPS) is 24.8. The predicted octanol–water partition coefficient (Wildman–Crippen LogP) is 3.03. The monoisotopic (exact) mass is 299 g/mol. The molecule has 0 amide bonds. The average molecular weight is 300 g/mol. The van der Waals surface area contributed by atoms with Gasteiger partial charge in [-0.3, -0.25) is 4.68 Å². The Morgan fingerprint density at radius 2 is 2.00 bits per heavy atom. The second kappa shape index (κ2) is 6.92. The number of likely N-dealkylation sites (tertiary alicyclic amines) is 1. The summed E-state index contributed by atoms with van der Waals surface area (Å²) >= 11 is 6.30. The summed E-state index contributed by atoms with van der Waals surface area (Å²) in [6.45, 7) is 8.22. The van der Waals surface area contributed by atoms with Crippen LogP contribution in [0, 0.1) is 0 Å². The molecular weight excluding hydrogens is 274 g/mol. The van der Waals surface area contributed by atoms with E-state index in [9.17, 15) is 5.11 Å². The van der Waals surface area contributed by atoms with E-state index in [0.29, 0.717) is 5.02 Å². The summed E-state index contributed by atoms with van der Waals surface area (Å²) in [6, 6.07) is 0. The molecule has 1 N–H and O–H groups in total. The van der Waals surface area contributed by atoms with Crippen LogP contribution in [-0.2, 0) is 12.1 Å². The van der Waals surface area contributed by atoms with E-state index >= 15 is 0 Å². The van der Waals surface area contributed by atoms with Gasteiger partial charge in [-0.05, 0) is 45.2 Å². The molecule has 0 saturated carbocycles. The van der Waals surface area contributed by atoms with E-state index in [1.807, 2.05) is 4.68 Å². The van der Waals surface area contributed by atoms with E-state index in [1.54, 1.807) is 6.20 Å². The molecule has 114 valence electrons. The molecule has 20 heavy (non-hydrogen) atoms. The lowest BCUT2D eigenvalue weighted by Crippen LogP contribution is -2.32. The van der Waals surface area contributed by atoms with Crippen LogP contribution in [0.5, 0.6) is 0 Å². The number of halogens is 1. The highest BCUT2D eigenvalue weighted by molar-refractivity contribution is 6.31. The Morgan fingerprint density at radius 3 is 2.70 bits per heavy atom. The Kier molecular flexibility index (Phi) is 5.47. The Morgan fingerprint density at radius 1 is 1.25 bits per heavy atom. The third-order valence-electron chi connectivity index (χ3n) is 4.12. The first-order chi connectivity index (χ1) is 9.60. The third-order valence-corrected chi connectivity index (χ3v) is 4.39. The zero-order valence-corrected chi connectivity index (χ0v) is 13.4. The second-order valence-corrected chi connectivity index (χ2v) is 6.20. The van der Waals surface area contributed by atoms with Crippen LogP contribution < -0.4 is 0 Å². The molecule has 1 atom stereocenters. The molecule has 0 radical (unpaired) electrons. The maximum absolute atomic E-state index is 11.1. The van der Waals surface area contributed by atoms with Gasteiger partial charge in [0, 0.05) is 13.1 Å². The minimum absolute atomic E-state index is 0.602. The standard InChI is InChI=1S/C15H26ClN3O/c1-3-8-18-10-5-6-15(20,7-11-18)14-13(16)12-17-19(14)9-4-2/h12,20H,3-11H2,1-2H3. The SMILES string of the molecule is CCCN1CCCC(O)(c2c(Cl)cnn2CCC)CC1. The van der Waals surface area contributed by atoms with Crippen molar-refractivity contribution >= 4 is 11.6 Å². The van der Waals surface area contributed by atoms with Gasteiger partial charge in [0.1, 0.15) is 5.60 Å². The smallest absolute Gasteiger partial charge is 0.109 e. The number of rotatable bonds is 5. The quantitative estimate of drug-likeness (QED) is 0.908. The first-order valence-electron chi connectivity index (χ1n) is 7.77. The minimum atomic E-state index is -0.828. The molecule has 0 spiro atoms. The van der Waals surface area contributed by atoms with Gasteiger partial charge < -0.3 is 10.0 Å². The number of hydrogen-bond acceptors (Lipinski definition) is 3. The first kappa shape index (κ1) is 15.8. The molecule has 1 saturated heterocycles. The molecule has 1 aromatic heterocycles. The molecule has 4 nitrogen and oxygen atoms in total. The Bertz CT molecular complexity index is 435. The molecular formula is C15H26ClN3O. The summed E-state index contributed by atoms with van der Waals surface area (Å²) in [6.07, 6.45) is 6.32. The zero-order valence-electron chi connectivity index (χ0n) is 12.6. The second-order valence-electron chi connectivity index (χ2n) is 5.79. The fourth-order valence-corrected chi connectivity index (χ4v) is 3.48. The van der Waals surface area contributed by atoms with E-state index in [-0.39, 0.29) is 0 Å². The fourth-order valence-electron chi connectivity index (χ4n) is 3.16. The summed E-state index contributed by atoms with van der Waals surface area (Å²) < 4.78 is 1.89. The highest BCUT2D eigenvalue weighted by Crippen LogP contribution is 2.36. The predicted molar refractivity (Wildman–Crippen MR) is 82.0 cm³/mol. The molecule has 1 aliphatic rings. The van der Waals surface area contributed by atoms with Crippen LogP contribution in [0.25, 0.3) is 0 Å². The van der Waals surface area contributed by atoms with Gasteiger partial charge in [0.15, 0.2) is 0 Å².